The molecule has 0 aromatic carbocycles. The molecule has 0 spiro atoms. The molecule has 1 amide bonds. The van der Waals surface area contributed by atoms with Crippen LogP contribution in [0.2, 0.25) is 0 Å². The van der Waals surface area contributed by atoms with Crippen LogP contribution in [0.3, 0.4) is 0 Å². The van der Waals surface area contributed by atoms with Gasteiger partial charge in [-0.05, 0) is 13.0 Å². The van der Waals surface area contributed by atoms with Crippen LogP contribution < -0.4 is 0 Å². The molecule has 2 rings (SSSR count). The van der Waals surface area contributed by atoms with Gasteiger partial charge in [0.1, 0.15) is 24.2 Å². The number of nitrogens with zero attached hydrogens (tertiary/aromatic N) is 3. The predicted octanol–water partition coefficient (Wildman–Crippen LogP) is -0.941. The Hall–Kier alpha value is -1.57. The fraction of sp³-hybridized carbons (Fsp3) is 0.583. The molecular formula is C12H17N3O4. The molecule has 1 aromatic heterocycles. The molecular weight excluding hydrogens is 250 g/mol. The predicted molar refractivity (Wildman–Crippen MR) is 65.4 cm³/mol. The van der Waals surface area contributed by atoms with Gasteiger partial charge in [0.2, 0.25) is 0 Å². The summed E-state index contributed by atoms with van der Waals surface area (Å²) in [5.41, 5.74) is 0.254. The molecule has 1 aliphatic heterocycles. The van der Waals surface area contributed by atoms with Crippen LogP contribution in [-0.2, 0) is 4.74 Å². The van der Waals surface area contributed by atoms with Crippen LogP contribution in [0.25, 0.3) is 0 Å². The van der Waals surface area contributed by atoms with Gasteiger partial charge in [0.05, 0.1) is 19.3 Å². The molecule has 1 saturated heterocycles. The lowest BCUT2D eigenvalue weighted by molar-refractivity contribution is -0.125. The standard InChI is InChI=1S/C12H17N3O4/c1-2-15(9-5-19-6-10(16)11(9)17)12(18)8-3-4-13-7-14-8/h3-4,7,9-11,16-17H,2,5-6H2,1H3/t9-,10-,11+/m1/s1. The quantitative estimate of drug-likeness (QED) is 0.734. The Labute approximate surface area is 110 Å². The van der Waals surface area contributed by atoms with Crippen molar-refractivity contribution in [3.05, 3.63) is 24.3 Å². The highest BCUT2D eigenvalue weighted by molar-refractivity contribution is 5.92. The minimum absolute atomic E-state index is 0.0803. The molecule has 1 aromatic rings. The second-order valence-corrected chi connectivity index (χ2v) is 4.35. The maximum absolute atomic E-state index is 12.3. The van der Waals surface area contributed by atoms with Crippen molar-refractivity contribution in [1.29, 1.82) is 0 Å². The van der Waals surface area contributed by atoms with Gasteiger partial charge in [0.15, 0.2) is 0 Å². The zero-order chi connectivity index (χ0) is 13.8. The number of likely N-dealkylation sites (N-methyl/N-ethyl adjacent to an activating group) is 1. The van der Waals surface area contributed by atoms with Crippen LogP contribution in [0.4, 0.5) is 0 Å². The summed E-state index contributed by atoms with van der Waals surface area (Å²) in [4.78, 5) is 21.4. The maximum Gasteiger partial charge on any atom is 0.272 e. The van der Waals surface area contributed by atoms with Gasteiger partial charge in [-0.2, -0.15) is 0 Å². The second kappa shape index (κ2) is 6.05. The number of carbonyl (C=O) groups is 1. The fourth-order valence-corrected chi connectivity index (χ4v) is 2.13. The van der Waals surface area contributed by atoms with Crippen LogP contribution in [0.15, 0.2) is 18.6 Å². The van der Waals surface area contributed by atoms with E-state index in [0.29, 0.717) is 6.54 Å². The highest BCUT2D eigenvalue weighted by Crippen LogP contribution is 2.16. The van der Waals surface area contributed by atoms with E-state index in [0.717, 1.165) is 0 Å². The van der Waals surface area contributed by atoms with E-state index in [1.54, 1.807) is 6.92 Å². The maximum atomic E-state index is 12.3. The first-order valence-corrected chi connectivity index (χ1v) is 6.16. The van der Waals surface area contributed by atoms with Gasteiger partial charge in [0, 0.05) is 12.7 Å². The molecule has 0 aliphatic carbocycles. The lowest BCUT2D eigenvalue weighted by Crippen LogP contribution is -2.57. The Morgan fingerprint density at radius 1 is 1.53 bits per heavy atom. The summed E-state index contributed by atoms with van der Waals surface area (Å²) >= 11 is 0. The van der Waals surface area contributed by atoms with Crippen LogP contribution in [-0.4, -0.2) is 69.0 Å². The number of aliphatic hydroxyl groups is 2. The zero-order valence-electron chi connectivity index (χ0n) is 10.6. The third kappa shape index (κ3) is 2.89. The number of carbonyl (C=O) groups excluding carboxylic acids is 1. The first kappa shape index (κ1) is 13.9. The molecule has 2 N–H and O–H groups in total. The van der Waals surface area contributed by atoms with Crippen molar-refractivity contribution in [2.24, 2.45) is 0 Å². The summed E-state index contributed by atoms with van der Waals surface area (Å²) in [6.45, 7) is 2.47. The number of aliphatic hydroxyl groups excluding tert-OH is 2. The zero-order valence-corrected chi connectivity index (χ0v) is 10.6. The third-order valence-corrected chi connectivity index (χ3v) is 3.17. The van der Waals surface area contributed by atoms with E-state index in [1.807, 2.05) is 0 Å². The van der Waals surface area contributed by atoms with Gasteiger partial charge in [-0.1, -0.05) is 0 Å². The largest absolute Gasteiger partial charge is 0.388 e. The average molecular weight is 267 g/mol. The molecule has 7 heteroatoms. The first-order chi connectivity index (χ1) is 9.15. The first-order valence-electron chi connectivity index (χ1n) is 6.16. The molecule has 1 aliphatic rings. The van der Waals surface area contributed by atoms with Crippen molar-refractivity contribution in [2.75, 3.05) is 19.8 Å². The Bertz CT molecular complexity index is 428. The Balaban J connectivity index is 2.17. The number of aromatic nitrogens is 2. The number of amides is 1. The van der Waals surface area contributed by atoms with Gasteiger partial charge in [-0.25, -0.2) is 9.97 Å². The lowest BCUT2D eigenvalue weighted by atomic mass is 10.0. The molecule has 2 heterocycles. The average Bonchev–Trinajstić information content (AvgIpc) is 2.45. The van der Waals surface area contributed by atoms with Crippen LogP contribution in [0, 0.1) is 0 Å². The van der Waals surface area contributed by atoms with Gasteiger partial charge < -0.3 is 19.8 Å². The van der Waals surface area contributed by atoms with E-state index in [9.17, 15) is 15.0 Å². The second-order valence-electron chi connectivity index (χ2n) is 4.35. The third-order valence-electron chi connectivity index (χ3n) is 3.17. The summed E-state index contributed by atoms with van der Waals surface area (Å²) < 4.78 is 5.20. The molecule has 19 heavy (non-hydrogen) atoms. The van der Waals surface area contributed by atoms with Gasteiger partial charge in [-0.15, -0.1) is 0 Å². The molecule has 3 atom stereocenters. The highest BCUT2D eigenvalue weighted by Gasteiger charge is 2.37. The minimum atomic E-state index is -1.01. The molecule has 104 valence electrons. The topological polar surface area (TPSA) is 95.8 Å². The lowest BCUT2D eigenvalue weighted by Gasteiger charge is -2.38. The Morgan fingerprint density at radius 3 is 2.95 bits per heavy atom. The highest BCUT2D eigenvalue weighted by atomic mass is 16.5. The van der Waals surface area contributed by atoms with Crippen molar-refractivity contribution in [3.63, 3.8) is 0 Å². The number of ether oxygens (including phenoxy) is 1. The molecule has 1 fully saturated rings. The monoisotopic (exact) mass is 267 g/mol. The van der Waals surface area contributed by atoms with Crippen molar-refractivity contribution in [1.82, 2.24) is 14.9 Å². The smallest absolute Gasteiger partial charge is 0.272 e. The van der Waals surface area contributed by atoms with E-state index < -0.39 is 18.2 Å². The molecule has 7 nitrogen and oxygen atoms in total. The summed E-state index contributed by atoms with van der Waals surface area (Å²) in [5.74, 6) is -0.313. The van der Waals surface area contributed by atoms with E-state index >= 15 is 0 Å². The Kier molecular flexibility index (Phi) is 4.41. The normalized spacial score (nSPS) is 27.0. The summed E-state index contributed by atoms with van der Waals surface area (Å²) in [7, 11) is 0. The molecule has 0 bridgehead atoms. The van der Waals surface area contributed by atoms with Crippen LogP contribution in [0.1, 0.15) is 17.4 Å². The summed E-state index contributed by atoms with van der Waals surface area (Å²) in [6, 6.07) is 0.938. The van der Waals surface area contributed by atoms with E-state index in [2.05, 4.69) is 9.97 Å². The molecule has 0 unspecified atom stereocenters. The molecule has 0 radical (unpaired) electrons. The van der Waals surface area contributed by atoms with Crippen LogP contribution >= 0.6 is 0 Å². The number of hydrogen-bond acceptors (Lipinski definition) is 6. The van der Waals surface area contributed by atoms with Gasteiger partial charge >= 0.3 is 0 Å². The summed E-state index contributed by atoms with van der Waals surface area (Å²) in [6.07, 6.45) is 0.783. The fourth-order valence-electron chi connectivity index (χ4n) is 2.13. The summed E-state index contributed by atoms with van der Waals surface area (Å²) in [5, 5.41) is 19.6. The van der Waals surface area contributed by atoms with Crippen LogP contribution in [0.5, 0.6) is 0 Å². The van der Waals surface area contributed by atoms with E-state index in [1.165, 1.54) is 23.5 Å². The van der Waals surface area contributed by atoms with Gasteiger partial charge in [-0.3, -0.25) is 4.79 Å². The minimum Gasteiger partial charge on any atom is -0.388 e. The molecule has 0 saturated carbocycles. The van der Waals surface area contributed by atoms with Crippen molar-refractivity contribution in [3.8, 4) is 0 Å². The van der Waals surface area contributed by atoms with Crippen molar-refractivity contribution >= 4 is 5.91 Å². The number of rotatable bonds is 3. The number of hydrogen-bond donors (Lipinski definition) is 2. The van der Waals surface area contributed by atoms with Crippen molar-refractivity contribution in [2.45, 2.75) is 25.2 Å². The Morgan fingerprint density at radius 2 is 2.32 bits per heavy atom. The van der Waals surface area contributed by atoms with E-state index in [-0.39, 0.29) is 24.8 Å². The van der Waals surface area contributed by atoms with Gasteiger partial charge in [0.25, 0.3) is 5.91 Å². The van der Waals surface area contributed by atoms with E-state index in [4.69, 9.17) is 4.74 Å². The SMILES string of the molecule is CCN(C(=O)c1ccncn1)[C@@H]1COC[C@@H](O)[C@H]1O. The van der Waals surface area contributed by atoms with Crippen molar-refractivity contribution < 1.29 is 19.7 Å².